The first kappa shape index (κ1) is 17.9. The molecule has 1 aromatic rings. The average molecular weight is 356 g/mol. The van der Waals surface area contributed by atoms with Crippen LogP contribution in [0.3, 0.4) is 0 Å². The lowest BCUT2D eigenvalue weighted by Crippen LogP contribution is -2.28. The van der Waals surface area contributed by atoms with Crippen LogP contribution in [-0.4, -0.2) is 50.5 Å². The quantitative estimate of drug-likeness (QED) is 0.326. The molecule has 0 bridgehead atoms. The van der Waals surface area contributed by atoms with Gasteiger partial charge in [0.2, 0.25) is 0 Å². The van der Waals surface area contributed by atoms with Gasteiger partial charge in [-0.3, -0.25) is 0 Å². The molecule has 136 valence electrons. The summed E-state index contributed by atoms with van der Waals surface area (Å²) in [7, 11) is 0.406. The van der Waals surface area contributed by atoms with E-state index in [2.05, 4.69) is 9.47 Å². The molecule has 1 unspecified atom stereocenters. The topological polar surface area (TPSA) is 104 Å². The van der Waals surface area contributed by atoms with Crippen LogP contribution in [-0.2, 0) is 18.9 Å². The van der Waals surface area contributed by atoms with Gasteiger partial charge in [-0.05, 0) is 24.0 Å². The minimum Gasteiger partial charge on any atom is -0.535 e. The van der Waals surface area contributed by atoms with Gasteiger partial charge in [-0.2, -0.15) is 0 Å². The number of halogens is 1. The molecular weight excluding hydrogens is 338 g/mol. The molecule has 25 heavy (non-hydrogen) atoms. The number of carbonyl (C=O) groups is 1. The molecule has 0 saturated heterocycles. The Kier molecular flexibility index (Phi) is 5.43. The van der Waals surface area contributed by atoms with Crippen LogP contribution in [0, 0.1) is 5.82 Å². The summed E-state index contributed by atoms with van der Waals surface area (Å²) in [6, 6.07) is 2.78. The number of hydrogen-bond acceptors (Lipinski definition) is 8. The Morgan fingerprint density at radius 2 is 2.24 bits per heavy atom. The van der Waals surface area contributed by atoms with Gasteiger partial charge in [0.1, 0.15) is 18.2 Å². The molecule has 8 nitrogen and oxygen atoms in total. The average Bonchev–Trinajstić information content (AvgIpc) is 3.36. The van der Waals surface area contributed by atoms with E-state index in [0.29, 0.717) is 5.56 Å². The van der Waals surface area contributed by atoms with Crippen molar-refractivity contribution in [2.45, 2.75) is 24.4 Å². The molecule has 1 aliphatic carbocycles. The first-order chi connectivity index (χ1) is 12.0. The lowest BCUT2D eigenvalue weighted by atomic mass is 9.77. The molecule has 1 aromatic carbocycles. The van der Waals surface area contributed by atoms with Crippen molar-refractivity contribution in [2.24, 2.45) is 0 Å². The van der Waals surface area contributed by atoms with E-state index in [9.17, 15) is 19.3 Å². The smallest absolute Gasteiger partial charge is 0.526 e. The second-order valence-corrected chi connectivity index (χ2v) is 5.77. The largest absolute Gasteiger partial charge is 0.535 e. The van der Waals surface area contributed by atoms with E-state index in [1.54, 1.807) is 6.07 Å². The van der Waals surface area contributed by atoms with E-state index in [1.165, 1.54) is 13.2 Å². The minimum absolute atomic E-state index is 0.00548. The highest BCUT2D eigenvalue weighted by Gasteiger charge is 2.54. The summed E-state index contributed by atoms with van der Waals surface area (Å²) in [6.07, 6.45) is -2.00. The second kappa shape index (κ2) is 7.57. The van der Waals surface area contributed by atoms with Crippen molar-refractivity contribution >= 4 is 13.3 Å². The van der Waals surface area contributed by atoms with Crippen LogP contribution in [0.2, 0.25) is 5.82 Å². The van der Waals surface area contributed by atoms with Crippen molar-refractivity contribution in [3.63, 3.8) is 0 Å². The monoisotopic (exact) mass is 356 g/mol. The van der Waals surface area contributed by atoms with Crippen LogP contribution in [0.5, 0.6) is 5.75 Å². The molecule has 1 saturated carbocycles. The third-order valence-electron chi connectivity index (χ3n) is 4.17. The Morgan fingerprint density at radius 1 is 1.44 bits per heavy atom. The van der Waals surface area contributed by atoms with Crippen LogP contribution in [0.4, 0.5) is 9.18 Å². The lowest BCUT2D eigenvalue weighted by molar-refractivity contribution is -0.163. The van der Waals surface area contributed by atoms with E-state index in [4.69, 9.17) is 14.1 Å². The number of carbonyl (C=O) groups excluding carboxylic acids is 1. The molecule has 0 aromatic heterocycles. The van der Waals surface area contributed by atoms with Crippen molar-refractivity contribution in [3.8, 4) is 5.75 Å². The molecule has 0 radical (unpaired) electrons. The number of hydrogen-bond donors (Lipinski definition) is 2. The van der Waals surface area contributed by atoms with Crippen molar-refractivity contribution < 1.29 is 42.9 Å². The van der Waals surface area contributed by atoms with Crippen LogP contribution < -0.4 is 4.65 Å². The molecule has 0 spiro atoms. The fourth-order valence-electron chi connectivity index (χ4n) is 2.82. The summed E-state index contributed by atoms with van der Waals surface area (Å²) < 4.78 is 38.4. The van der Waals surface area contributed by atoms with E-state index >= 15 is 0 Å². The number of fused-ring (bicyclic) bond motifs is 3. The maximum atomic E-state index is 14.1. The fraction of sp³-hybridized carbons (Fsp3) is 0.533. The normalized spacial score (nSPS) is 21.7. The van der Waals surface area contributed by atoms with Gasteiger partial charge in [0.15, 0.2) is 13.1 Å². The van der Waals surface area contributed by atoms with Gasteiger partial charge in [-0.25, -0.2) is 9.18 Å². The van der Waals surface area contributed by atoms with Crippen LogP contribution in [0.15, 0.2) is 12.1 Å². The standard InChI is InChI=1S/C15H18BFO8/c1-21-4-5-22-15(19)24-7-23-14(18)12-11(17)3-2-8-9-6-10(9)16(20)25-13(8)12/h2-3,9-10,14,18,20H,4-7H2,1H3/t9-,10-,14?/m1/s1. The summed E-state index contributed by atoms with van der Waals surface area (Å²) in [5, 5.41) is 19.9. The van der Waals surface area contributed by atoms with Gasteiger partial charge in [-0.1, -0.05) is 6.07 Å². The molecule has 3 rings (SSSR count). The van der Waals surface area contributed by atoms with Crippen molar-refractivity contribution in [1.29, 1.82) is 0 Å². The predicted octanol–water partition coefficient (Wildman–Crippen LogP) is 1.32. The molecule has 2 aliphatic rings. The number of rotatable bonds is 7. The zero-order chi connectivity index (χ0) is 18.0. The van der Waals surface area contributed by atoms with Crippen molar-refractivity contribution in [2.75, 3.05) is 27.1 Å². The third kappa shape index (κ3) is 3.87. The Bertz CT molecular complexity index is 642. The zero-order valence-electron chi connectivity index (χ0n) is 13.5. The SMILES string of the molecule is COCCOC(=O)OCOC(O)c1c(F)ccc2c1OB(O)[C@@H]1C[C@H]21. The molecule has 0 amide bonds. The maximum Gasteiger partial charge on any atom is 0.526 e. The number of ether oxygens (including phenoxy) is 4. The molecule has 2 N–H and O–H groups in total. The third-order valence-corrected chi connectivity index (χ3v) is 4.17. The fourth-order valence-corrected chi connectivity index (χ4v) is 2.82. The number of aliphatic hydroxyl groups excluding tert-OH is 1. The highest BCUT2D eigenvalue weighted by atomic mass is 19.1. The Hall–Kier alpha value is -1.88. The van der Waals surface area contributed by atoms with Crippen LogP contribution in [0.1, 0.15) is 29.8 Å². The number of methoxy groups -OCH3 is 1. The molecule has 3 atom stereocenters. The van der Waals surface area contributed by atoms with Gasteiger partial charge < -0.3 is 33.7 Å². The number of aliphatic hydroxyl groups is 1. The molecule has 10 heteroatoms. The Morgan fingerprint density at radius 3 is 3.00 bits per heavy atom. The summed E-state index contributed by atoms with van der Waals surface area (Å²) in [5.41, 5.74) is 0.479. The summed E-state index contributed by atoms with van der Waals surface area (Å²) in [6.45, 7) is -0.431. The first-order valence-corrected chi connectivity index (χ1v) is 7.78. The Balaban J connectivity index is 1.60. The molecular formula is C15H18BFO8. The molecule has 1 heterocycles. The van der Waals surface area contributed by atoms with Gasteiger partial charge in [0, 0.05) is 12.9 Å². The number of benzene rings is 1. The van der Waals surface area contributed by atoms with E-state index < -0.39 is 32.2 Å². The van der Waals surface area contributed by atoms with Crippen LogP contribution in [0.25, 0.3) is 0 Å². The highest BCUT2D eigenvalue weighted by molar-refractivity contribution is 6.48. The van der Waals surface area contributed by atoms with E-state index in [1.807, 2.05) is 0 Å². The van der Waals surface area contributed by atoms with Gasteiger partial charge >= 0.3 is 13.3 Å². The van der Waals surface area contributed by atoms with Crippen molar-refractivity contribution in [1.82, 2.24) is 0 Å². The van der Waals surface area contributed by atoms with Gasteiger partial charge in [0.05, 0.1) is 12.2 Å². The highest BCUT2D eigenvalue weighted by Crippen LogP contribution is 2.60. The second-order valence-electron chi connectivity index (χ2n) is 5.77. The molecule has 1 aliphatic heterocycles. The first-order valence-electron chi connectivity index (χ1n) is 7.78. The van der Waals surface area contributed by atoms with E-state index in [-0.39, 0.29) is 36.3 Å². The van der Waals surface area contributed by atoms with E-state index in [0.717, 1.165) is 6.42 Å². The summed E-state index contributed by atoms with van der Waals surface area (Å²) in [4.78, 5) is 11.2. The van der Waals surface area contributed by atoms with Gasteiger partial charge in [-0.15, -0.1) is 0 Å². The minimum atomic E-state index is -1.73. The molecule has 1 fully saturated rings. The maximum absolute atomic E-state index is 14.1. The Labute approximate surface area is 143 Å². The van der Waals surface area contributed by atoms with Crippen molar-refractivity contribution in [3.05, 3.63) is 29.1 Å². The zero-order valence-corrected chi connectivity index (χ0v) is 13.5. The lowest BCUT2D eigenvalue weighted by Gasteiger charge is -2.24. The van der Waals surface area contributed by atoms with Crippen LogP contribution >= 0.6 is 0 Å². The predicted molar refractivity (Wildman–Crippen MR) is 81.3 cm³/mol. The van der Waals surface area contributed by atoms with Gasteiger partial charge in [0.25, 0.3) is 0 Å². The summed E-state index contributed by atoms with van der Waals surface area (Å²) in [5.74, 6) is -0.604. The summed E-state index contributed by atoms with van der Waals surface area (Å²) >= 11 is 0.